The molecule has 0 bridgehead atoms. The molecule has 1 N–H and O–H groups in total. The number of hydrogen-bond acceptors (Lipinski definition) is 2. The van der Waals surface area contributed by atoms with Gasteiger partial charge in [0, 0.05) is 29.9 Å². The number of nitrogens with zero attached hydrogens (tertiary/aromatic N) is 1. The summed E-state index contributed by atoms with van der Waals surface area (Å²) in [6, 6.07) is 4.84. The van der Waals surface area contributed by atoms with Gasteiger partial charge in [-0.1, -0.05) is 11.6 Å². The van der Waals surface area contributed by atoms with Gasteiger partial charge in [0.25, 0.3) is 0 Å². The van der Waals surface area contributed by atoms with Crippen LogP contribution < -0.4 is 5.32 Å². The monoisotopic (exact) mass is 224 g/mol. The largest absolute Gasteiger partial charge is 0.388 e. The van der Waals surface area contributed by atoms with Crippen LogP contribution in [0.25, 0.3) is 10.9 Å². The molecule has 2 nitrogen and oxygen atoms in total. The first kappa shape index (κ1) is 10.2. The molecule has 2 aromatic rings. The zero-order valence-electron chi connectivity index (χ0n) is 8.44. The molecule has 0 saturated heterocycles. The van der Waals surface area contributed by atoms with Crippen molar-refractivity contribution in [2.24, 2.45) is 0 Å². The first-order valence-corrected chi connectivity index (χ1v) is 4.94. The van der Waals surface area contributed by atoms with Crippen LogP contribution in [0.4, 0.5) is 10.1 Å². The maximum atomic E-state index is 13.2. The maximum absolute atomic E-state index is 13.2. The highest BCUT2D eigenvalue weighted by Gasteiger charge is 2.07. The van der Waals surface area contributed by atoms with Gasteiger partial charge >= 0.3 is 0 Å². The number of aromatic nitrogens is 1. The number of benzene rings is 1. The van der Waals surface area contributed by atoms with E-state index >= 15 is 0 Å². The molecule has 0 spiro atoms. The van der Waals surface area contributed by atoms with E-state index < -0.39 is 5.82 Å². The number of fused-ring (bicyclic) bond motifs is 1. The van der Waals surface area contributed by atoms with Crippen molar-refractivity contribution in [3.05, 3.63) is 34.7 Å². The highest BCUT2D eigenvalue weighted by Crippen LogP contribution is 2.27. The van der Waals surface area contributed by atoms with Gasteiger partial charge in [0.05, 0.1) is 10.5 Å². The van der Waals surface area contributed by atoms with Gasteiger partial charge < -0.3 is 5.32 Å². The Morgan fingerprint density at radius 2 is 2.07 bits per heavy atom. The summed E-state index contributed by atoms with van der Waals surface area (Å²) in [6.07, 6.45) is 0. The van der Waals surface area contributed by atoms with E-state index in [0.29, 0.717) is 5.52 Å². The summed E-state index contributed by atoms with van der Waals surface area (Å²) < 4.78 is 13.2. The van der Waals surface area contributed by atoms with Crippen molar-refractivity contribution in [1.29, 1.82) is 0 Å². The van der Waals surface area contributed by atoms with Crippen LogP contribution in [0.2, 0.25) is 5.02 Å². The second-order valence-electron chi connectivity index (χ2n) is 3.34. The summed E-state index contributed by atoms with van der Waals surface area (Å²) in [4.78, 5) is 4.25. The minimum absolute atomic E-state index is 0.115. The Morgan fingerprint density at radius 3 is 2.73 bits per heavy atom. The van der Waals surface area contributed by atoms with E-state index in [9.17, 15) is 4.39 Å². The third kappa shape index (κ3) is 1.75. The quantitative estimate of drug-likeness (QED) is 0.803. The van der Waals surface area contributed by atoms with Crippen molar-refractivity contribution in [2.45, 2.75) is 6.92 Å². The Hall–Kier alpha value is -1.35. The van der Waals surface area contributed by atoms with Crippen LogP contribution >= 0.6 is 11.6 Å². The fourth-order valence-corrected chi connectivity index (χ4v) is 1.72. The predicted molar refractivity (Wildman–Crippen MR) is 61.0 cm³/mol. The van der Waals surface area contributed by atoms with Crippen LogP contribution in [0, 0.1) is 12.7 Å². The van der Waals surface area contributed by atoms with E-state index in [1.807, 2.05) is 20.0 Å². The minimum Gasteiger partial charge on any atom is -0.388 e. The molecule has 0 amide bonds. The normalized spacial score (nSPS) is 10.7. The van der Waals surface area contributed by atoms with Crippen LogP contribution in [0.1, 0.15) is 5.69 Å². The Kier molecular flexibility index (Phi) is 2.49. The molecule has 0 aliphatic rings. The van der Waals surface area contributed by atoms with Crippen LogP contribution in [-0.4, -0.2) is 12.0 Å². The topological polar surface area (TPSA) is 24.9 Å². The third-order valence-electron chi connectivity index (χ3n) is 2.25. The molecule has 1 heterocycles. The van der Waals surface area contributed by atoms with Crippen LogP contribution in [0.3, 0.4) is 0 Å². The summed E-state index contributed by atoms with van der Waals surface area (Å²) in [6.45, 7) is 1.87. The second-order valence-corrected chi connectivity index (χ2v) is 3.75. The number of rotatable bonds is 1. The lowest BCUT2D eigenvalue weighted by molar-refractivity contribution is 0.630. The SMILES string of the molecule is CNc1cc(C)nc2cc(F)c(Cl)cc12. The Morgan fingerprint density at radius 1 is 1.33 bits per heavy atom. The number of pyridine rings is 1. The van der Waals surface area contributed by atoms with Gasteiger partial charge in [0.2, 0.25) is 0 Å². The first-order valence-electron chi connectivity index (χ1n) is 4.56. The summed E-state index contributed by atoms with van der Waals surface area (Å²) in [5.41, 5.74) is 2.36. The molecule has 0 aliphatic carbocycles. The molecule has 0 fully saturated rings. The van der Waals surface area contributed by atoms with Crippen molar-refractivity contribution >= 4 is 28.2 Å². The molecule has 78 valence electrons. The molecule has 0 radical (unpaired) electrons. The molecule has 0 saturated carbocycles. The van der Waals surface area contributed by atoms with Crippen molar-refractivity contribution < 1.29 is 4.39 Å². The summed E-state index contributed by atoms with van der Waals surface area (Å²) >= 11 is 5.73. The molecule has 0 unspecified atom stereocenters. The lowest BCUT2D eigenvalue weighted by Crippen LogP contribution is -1.94. The molecule has 1 aromatic heterocycles. The average Bonchev–Trinajstić information content (AvgIpc) is 2.19. The van der Waals surface area contributed by atoms with E-state index in [1.54, 1.807) is 6.07 Å². The van der Waals surface area contributed by atoms with Gasteiger partial charge in [-0.25, -0.2) is 4.39 Å². The Balaban J connectivity index is 2.84. The number of aryl methyl sites for hydroxylation is 1. The summed E-state index contributed by atoms with van der Waals surface area (Å²) in [7, 11) is 1.81. The number of hydrogen-bond donors (Lipinski definition) is 1. The maximum Gasteiger partial charge on any atom is 0.143 e. The minimum atomic E-state index is -0.440. The lowest BCUT2D eigenvalue weighted by atomic mass is 10.1. The predicted octanol–water partition coefficient (Wildman–Crippen LogP) is 3.38. The van der Waals surface area contributed by atoms with Gasteiger partial charge in [-0.2, -0.15) is 0 Å². The fraction of sp³-hybridized carbons (Fsp3) is 0.182. The molecule has 0 aliphatic heterocycles. The molecule has 0 atom stereocenters. The smallest absolute Gasteiger partial charge is 0.143 e. The van der Waals surface area contributed by atoms with Crippen molar-refractivity contribution in [3.8, 4) is 0 Å². The molecule has 2 rings (SSSR count). The van der Waals surface area contributed by atoms with Crippen molar-refractivity contribution in [3.63, 3.8) is 0 Å². The number of anilines is 1. The van der Waals surface area contributed by atoms with Crippen LogP contribution in [0.5, 0.6) is 0 Å². The van der Waals surface area contributed by atoms with Gasteiger partial charge in [-0.05, 0) is 19.1 Å². The standard InChI is InChI=1S/C11H10ClFN2/c1-6-3-10(14-2)7-4-8(12)9(13)5-11(7)15-6/h3-5H,1-2H3,(H,14,15). The molecule has 15 heavy (non-hydrogen) atoms. The second kappa shape index (κ2) is 3.66. The highest BCUT2D eigenvalue weighted by atomic mass is 35.5. The highest BCUT2D eigenvalue weighted by molar-refractivity contribution is 6.31. The Labute approximate surface area is 92.1 Å². The van der Waals surface area contributed by atoms with Crippen molar-refractivity contribution in [2.75, 3.05) is 12.4 Å². The van der Waals surface area contributed by atoms with Crippen LogP contribution in [0.15, 0.2) is 18.2 Å². The van der Waals surface area contributed by atoms with E-state index in [2.05, 4.69) is 10.3 Å². The lowest BCUT2D eigenvalue weighted by Gasteiger charge is -2.07. The number of halogens is 2. The van der Waals surface area contributed by atoms with E-state index in [1.165, 1.54) is 6.07 Å². The average molecular weight is 225 g/mol. The van der Waals surface area contributed by atoms with Crippen LogP contribution in [-0.2, 0) is 0 Å². The van der Waals surface area contributed by atoms with E-state index in [-0.39, 0.29) is 5.02 Å². The molecule has 1 aromatic carbocycles. The summed E-state index contributed by atoms with van der Waals surface area (Å²) in [5.74, 6) is -0.440. The number of nitrogens with one attached hydrogen (secondary N) is 1. The van der Waals surface area contributed by atoms with E-state index in [0.717, 1.165) is 16.8 Å². The van der Waals surface area contributed by atoms with Gasteiger partial charge in [0.15, 0.2) is 0 Å². The van der Waals surface area contributed by atoms with Gasteiger partial charge in [-0.15, -0.1) is 0 Å². The van der Waals surface area contributed by atoms with Crippen molar-refractivity contribution in [1.82, 2.24) is 4.98 Å². The molecule has 4 heteroatoms. The Bertz CT molecular complexity index is 525. The van der Waals surface area contributed by atoms with Gasteiger partial charge in [0.1, 0.15) is 5.82 Å². The molecular weight excluding hydrogens is 215 g/mol. The fourth-order valence-electron chi connectivity index (χ4n) is 1.56. The zero-order chi connectivity index (χ0) is 11.0. The zero-order valence-corrected chi connectivity index (χ0v) is 9.19. The van der Waals surface area contributed by atoms with E-state index in [4.69, 9.17) is 11.6 Å². The van der Waals surface area contributed by atoms with Gasteiger partial charge in [-0.3, -0.25) is 4.98 Å². The molecular formula is C11H10ClFN2. The third-order valence-corrected chi connectivity index (χ3v) is 2.54. The summed E-state index contributed by atoms with van der Waals surface area (Å²) in [5, 5.41) is 3.98. The first-order chi connectivity index (χ1) is 7.11.